The van der Waals surface area contributed by atoms with Crippen LogP contribution in [0.15, 0.2) is 34.8 Å². The molecule has 3 rings (SSSR count). The molecule has 1 unspecified atom stereocenters. The molecular weight excluding hydrogens is 368 g/mol. The van der Waals surface area contributed by atoms with Gasteiger partial charge in [0.05, 0.1) is 6.04 Å². The molecule has 1 aromatic carbocycles. The molecule has 21 heavy (non-hydrogen) atoms. The highest BCUT2D eigenvalue weighted by atomic mass is 79.9. The Balaban J connectivity index is 1.80. The number of fused-ring (bicyclic) bond motifs is 1. The lowest BCUT2D eigenvalue weighted by molar-refractivity contribution is 0.214. The van der Waals surface area contributed by atoms with Crippen molar-refractivity contribution in [2.45, 2.75) is 18.9 Å². The van der Waals surface area contributed by atoms with E-state index in [1.54, 1.807) is 11.3 Å². The lowest BCUT2D eigenvalue weighted by Gasteiger charge is -2.28. The smallest absolute Gasteiger partial charge is 0.107 e. The zero-order chi connectivity index (χ0) is 14.8. The van der Waals surface area contributed by atoms with Gasteiger partial charge < -0.3 is 5.73 Å². The number of halogens is 2. The number of rotatable bonds is 3. The molecule has 0 bridgehead atoms. The fourth-order valence-electron chi connectivity index (χ4n) is 2.97. The average molecular weight is 386 g/mol. The van der Waals surface area contributed by atoms with Gasteiger partial charge in [-0.15, -0.1) is 11.3 Å². The summed E-state index contributed by atoms with van der Waals surface area (Å²) in [5.74, 6) is 0. The van der Waals surface area contributed by atoms with Gasteiger partial charge in [-0.25, -0.2) is 0 Å². The van der Waals surface area contributed by atoms with Crippen LogP contribution >= 0.6 is 38.9 Å². The minimum absolute atomic E-state index is 0.258. The summed E-state index contributed by atoms with van der Waals surface area (Å²) in [5, 5.41) is 0. The van der Waals surface area contributed by atoms with Crippen LogP contribution in [0.5, 0.6) is 0 Å². The van der Waals surface area contributed by atoms with Crippen molar-refractivity contribution in [2.75, 3.05) is 19.6 Å². The molecule has 0 spiro atoms. The minimum Gasteiger partial charge on any atom is -0.329 e. The zero-order valence-corrected chi connectivity index (χ0v) is 14.8. The molecule has 1 atom stereocenters. The van der Waals surface area contributed by atoms with Crippen LogP contribution in [0.3, 0.4) is 0 Å². The van der Waals surface area contributed by atoms with Crippen molar-refractivity contribution in [1.29, 1.82) is 0 Å². The second-order valence-electron chi connectivity index (χ2n) is 5.33. The Morgan fingerprint density at radius 2 is 1.86 bits per heavy atom. The topological polar surface area (TPSA) is 29.3 Å². The fraction of sp³-hybridized carbons (Fsp3) is 0.375. The molecule has 2 heterocycles. The maximum absolute atomic E-state index is 6.19. The van der Waals surface area contributed by atoms with Crippen LogP contribution in [0.4, 0.5) is 0 Å². The Bertz CT molecular complexity index is 582. The largest absolute Gasteiger partial charge is 0.329 e. The standard InChI is InChI=1S/C16H18BrClN2S/c17-13-9-15(21-16(13)18)14(10-19)20-7-5-11-3-1-2-4-12(11)6-8-20/h1-4,9,14H,5-8,10,19H2. The average Bonchev–Trinajstić information content (AvgIpc) is 2.71. The number of thiophene rings is 1. The zero-order valence-electron chi connectivity index (χ0n) is 11.7. The van der Waals surface area contributed by atoms with E-state index in [4.69, 9.17) is 17.3 Å². The Hall–Kier alpha value is -0.390. The van der Waals surface area contributed by atoms with E-state index in [0.29, 0.717) is 6.54 Å². The van der Waals surface area contributed by atoms with Gasteiger partial charge in [-0.3, -0.25) is 4.90 Å². The Labute approximate surface area is 143 Å². The predicted octanol–water partition coefficient (Wildman–Crippen LogP) is 4.26. The van der Waals surface area contributed by atoms with E-state index in [1.807, 2.05) is 0 Å². The summed E-state index contributed by atoms with van der Waals surface area (Å²) < 4.78 is 1.78. The first kappa shape index (κ1) is 15.5. The predicted molar refractivity (Wildman–Crippen MR) is 94.2 cm³/mol. The maximum atomic E-state index is 6.19. The Morgan fingerprint density at radius 1 is 1.24 bits per heavy atom. The Morgan fingerprint density at radius 3 is 2.33 bits per heavy atom. The van der Waals surface area contributed by atoms with Crippen molar-refractivity contribution >= 4 is 38.9 Å². The van der Waals surface area contributed by atoms with E-state index in [9.17, 15) is 0 Å². The first-order valence-electron chi connectivity index (χ1n) is 7.14. The van der Waals surface area contributed by atoms with E-state index >= 15 is 0 Å². The van der Waals surface area contributed by atoms with Gasteiger partial charge in [0.1, 0.15) is 4.34 Å². The first-order valence-corrected chi connectivity index (χ1v) is 9.13. The monoisotopic (exact) mass is 384 g/mol. The number of hydrogen-bond donors (Lipinski definition) is 1. The van der Waals surface area contributed by atoms with E-state index in [1.165, 1.54) is 16.0 Å². The molecule has 2 N–H and O–H groups in total. The first-order chi connectivity index (χ1) is 10.2. The summed E-state index contributed by atoms with van der Waals surface area (Å²) in [4.78, 5) is 3.74. The molecule has 0 fully saturated rings. The van der Waals surface area contributed by atoms with Crippen molar-refractivity contribution in [3.63, 3.8) is 0 Å². The second kappa shape index (κ2) is 6.80. The third-order valence-electron chi connectivity index (χ3n) is 4.11. The van der Waals surface area contributed by atoms with Gasteiger partial charge in [-0.1, -0.05) is 35.9 Å². The van der Waals surface area contributed by atoms with Crippen LogP contribution in [-0.4, -0.2) is 24.5 Å². The van der Waals surface area contributed by atoms with Gasteiger partial charge in [-0.05, 0) is 46.0 Å². The molecule has 0 saturated carbocycles. The third kappa shape index (κ3) is 3.35. The quantitative estimate of drug-likeness (QED) is 0.855. The molecule has 1 aliphatic rings. The van der Waals surface area contributed by atoms with Gasteiger partial charge in [0.15, 0.2) is 0 Å². The SMILES string of the molecule is NCC(c1cc(Br)c(Cl)s1)N1CCc2ccccc2CC1. The maximum Gasteiger partial charge on any atom is 0.107 e. The van der Waals surface area contributed by atoms with Crippen molar-refractivity contribution in [1.82, 2.24) is 4.90 Å². The van der Waals surface area contributed by atoms with Crippen molar-refractivity contribution < 1.29 is 0 Å². The number of nitrogens with zero attached hydrogens (tertiary/aromatic N) is 1. The van der Waals surface area contributed by atoms with Crippen LogP contribution in [-0.2, 0) is 12.8 Å². The fourth-order valence-corrected chi connectivity index (χ4v) is 4.85. The van der Waals surface area contributed by atoms with Crippen molar-refractivity contribution in [3.05, 3.63) is 55.1 Å². The van der Waals surface area contributed by atoms with E-state index in [2.05, 4.69) is 51.2 Å². The molecule has 2 aromatic rings. The highest BCUT2D eigenvalue weighted by Crippen LogP contribution is 2.37. The molecule has 0 saturated heterocycles. The molecule has 112 valence electrons. The molecule has 1 aliphatic heterocycles. The minimum atomic E-state index is 0.258. The number of nitrogens with two attached hydrogens (primary N) is 1. The Kier molecular flexibility index (Phi) is 5.02. The normalized spacial score (nSPS) is 17.3. The highest BCUT2D eigenvalue weighted by Gasteiger charge is 2.24. The third-order valence-corrected chi connectivity index (χ3v) is 6.69. The summed E-state index contributed by atoms with van der Waals surface area (Å²) in [6.45, 7) is 2.72. The summed E-state index contributed by atoms with van der Waals surface area (Å²) in [6.07, 6.45) is 2.18. The molecule has 0 aliphatic carbocycles. The van der Waals surface area contributed by atoms with Crippen LogP contribution < -0.4 is 5.73 Å². The summed E-state index contributed by atoms with van der Waals surface area (Å²) >= 11 is 11.3. The van der Waals surface area contributed by atoms with E-state index in [-0.39, 0.29) is 6.04 Å². The highest BCUT2D eigenvalue weighted by molar-refractivity contribution is 9.10. The molecule has 2 nitrogen and oxygen atoms in total. The molecule has 0 radical (unpaired) electrons. The van der Waals surface area contributed by atoms with E-state index < -0.39 is 0 Å². The number of hydrogen-bond acceptors (Lipinski definition) is 3. The molecule has 0 amide bonds. The molecule has 1 aromatic heterocycles. The summed E-state index contributed by atoms with van der Waals surface area (Å²) in [5.41, 5.74) is 9.00. The lowest BCUT2D eigenvalue weighted by Crippen LogP contribution is -2.35. The van der Waals surface area contributed by atoms with Gasteiger partial charge >= 0.3 is 0 Å². The van der Waals surface area contributed by atoms with Gasteiger partial charge in [0.2, 0.25) is 0 Å². The van der Waals surface area contributed by atoms with Gasteiger partial charge in [0.25, 0.3) is 0 Å². The molecule has 5 heteroatoms. The molecular formula is C16H18BrClN2S. The van der Waals surface area contributed by atoms with Crippen LogP contribution in [0.1, 0.15) is 22.0 Å². The summed E-state index contributed by atoms with van der Waals surface area (Å²) in [7, 11) is 0. The van der Waals surface area contributed by atoms with E-state index in [0.717, 1.165) is 34.7 Å². The second-order valence-corrected chi connectivity index (χ2v) is 7.87. The summed E-state index contributed by atoms with van der Waals surface area (Å²) in [6, 6.07) is 11.1. The van der Waals surface area contributed by atoms with Crippen molar-refractivity contribution in [3.8, 4) is 0 Å². The van der Waals surface area contributed by atoms with Crippen LogP contribution in [0.2, 0.25) is 4.34 Å². The van der Waals surface area contributed by atoms with Crippen LogP contribution in [0, 0.1) is 0 Å². The lowest BCUT2D eigenvalue weighted by atomic mass is 10.0. The van der Waals surface area contributed by atoms with Crippen molar-refractivity contribution in [2.24, 2.45) is 5.73 Å². The van der Waals surface area contributed by atoms with Crippen LogP contribution in [0.25, 0.3) is 0 Å². The van der Waals surface area contributed by atoms with Gasteiger partial charge in [-0.2, -0.15) is 0 Å². The number of benzene rings is 1. The van der Waals surface area contributed by atoms with Gasteiger partial charge in [0, 0.05) is 29.0 Å².